The van der Waals surface area contributed by atoms with Crippen molar-refractivity contribution in [2.24, 2.45) is 7.05 Å². The summed E-state index contributed by atoms with van der Waals surface area (Å²) < 4.78 is 6.26. The molecule has 0 atom stereocenters. The molecule has 16 heavy (non-hydrogen) atoms. The Kier molecular flexibility index (Phi) is 2.35. The van der Waals surface area contributed by atoms with Crippen molar-refractivity contribution in [3.63, 3.8) is 0 Å². The molecule has 84 valence electrons. The van der Waals surface area contributed by atoms with Crippen LogP contribution in [0, 0.1) is 6.92 Å². The molecule has 2 aromatic heterocycles. The van der Waals surface area contributed by atoms with Crippen LogP contribution in [0.1, 0.15) is 16.2 Å². The van der Waals surface area contributed by atoms with Gasteiger partial charge in [0.1, 0.15) is 5.69 Å². The van der Waals surface area contributed by atoms with Gasteiger partial charge < -0.3 is 10.3 Å². The maximum absolute atomic E-state index is 11.8. The van der Waals surface area contributed by atoms with Crippen molar-refractivity contribution in [2.75, 3.05) is 11.1 Å². The summed E-state index contributed by atoms with van der Waals surface area (Å²) in [7, 11) is 1.64. The fourth-order valence-corrected chi connectivity index (χ4v) is 1.33. The molecule has 0 saturated carbocycles. The molecule has 0 aliphatic rings. The molecule has 0 spiro atoms. The molecule has 2 rings (SSSR count). The Morgan fingerprint density at radius 1 is 1.62 bits per heavy atom. The molecule has 0 aliphatic heterocycles. The summed E-state index contributed by atoms with van der Waals surface area (Å²) in [5.74, 6) is -0.100. The van der Waals surface area contributed by atoms with Crippen LogP contribution in [0.3, 0.4) is 0 Å². The molecule has 7 nitrogen and oxygen atoms in total. The lowest BCUT2D eigenvalue weighted by atomic mass is 10.3. The van der Waals surface area contributed by atoms with Crippen molar-refractivity contribution >= 4 is 17.5 Å². The van der Waals surface area contributed by atoms with E-state index in [4.69, 9.17) is 10.3 Å². The van der Waals surface area contributed by atoms with Crippen LogP contribution in [0.5, 0.6) is 0 Å². The van der Waals surface area contributed by atoms with Crippen LogP contribution < -0.4 is 11.1 Å². The maximum atomic E-state index is 11.8. The number of nitrogens with one attached hydrogen (secondary N) is 1. The highest BCUT2D eigenvalue weighted by molar-refractivity contribution is 6.05. The third-order valence-electron chi connectivity index (χ3n) is 2.05. The molecule has 1 amide bonds. The summed E-state index contributed by atoms with van der Waals surface area (Å²) in [6, 6.07) is 1.62. The molecular weight excluding hydrogens is 210 g/mol. The van der Waals surface area contributed by atoms with Gasteiger partial charge in [0.2, 0.25) is 5.88 Å². The zero-order chi connectivity index (χ0) is 11.7. The van der Waals surface area contributed by atoms with E-state index in [9.17, 15) is 4.79 Å². The fourth-order valence-electron chi connectivity index (χ4n) is 1.33. The number of aryl methyl sites for hydroxylation is 2. The molecule has 0 aliphatic carbocycles. The normalized spacial score (nSPS) is 10.4. The van der Waals surface area contributed by atoms with Crippen molar-refractivity contribution in [1.29, 1.82) is 0 Å². The number of anilines is 2. The number of amides is 1. The lowest BCUT2D eigenvalue weighted by Crippen LogP contribution is -2.17. The fraction of sp³-hybridized carbons (Fsp3) is 0.222. The number of nitrogen functional groups attached to an aromatic ring is 1. The molecule has 3 N–H and O–H groups in total. The Balaban J connectivity index is 2.21. The maximum Gasteiger partial charge on any atom is 0.278 e. The Morgan fingerprint density at radius 3 is 2.88 bits per heavy atom. The minimum absolute atomic E-state index is 0.281. The van der Waals surface area contributed by atoms with Gasteiger partial charge in [0, 0.05) is 13.1 Å². The van der Waals surface area contributed by atoms with Crippen molar-refractivity contribution in [2.45, 2.75) is 6.92 Å². The van der Waals surface area contributed by atoms with E-state index in [1.807, 2.05) is 0 Å². The van der Waals surface area contributed by atoms with E-state index in [1.165, 1.54) is 10.9 Å². The molecule has 0 unspecified atom stereocenters. The van der Waals surface area contributed by atoms with Gasteiger partial charge >= 0.3 is 0 Å². The van der Waals surface area contributed by atoms with Gasteiger partial charge in [0.25, 0.3) is 5.91 Å². The second-order valence-corrected chi connectivity index (χ2v) is 3.36. The van der Waals surface area contributed by atoms with Crippen molar-refractivity contribution in [3.05, 3.63) is 23.7 Å². The SMILES string of the molecule is Cc1cc(NC(=O)c2c(N)cnn2C)on1. The van der Waals surface area contributed by atoms with E-state index in [0.29, 0.717) is 11.4 Å². The van der Waals surface area contributed by atoms with Crippen LogP contribution in [-0.4, -0.2) is 20.8 Å². The summed E-state index contributed by atoms with van der Waals surface area (Å²) in [6.07, 6.45) is 1.42. The summed E-state index contributed by atoms with van der Waals surface area (Å²) in [5.41, 5.74) is 6.90. The predicted octanol–water partition coefficient (Wildman–Crippen LogP) is 0.551. The van der Waals surface area contributed by atoms with Gasteiger partial charge in [-0.2, -0.15) is 5.10 Å². The lowest BCUT2D eigenvalue weighted by molar-refractivity contribution is 0.101. The minimum atomic E-state index is -0.381. The Bertz CT molecular complexity index is 508. The second kappa shape index (κ2) is 3.69. The van der Waals surface area contributed by atoms with Crippen LogP contribution >= 0.6 is 0 Å². The van der Waals surface area contributed by atoms with Crippen LogP contribution in [0.2, 0.25) is 0 Å². The molecule has 0 saturated heterocycles. The number of hydrogen-bond acceptors (Lipinski definition) is 5. The predicted molar refractivity (Wildman–Crippen MR) is 56.8 cm³/mol. The minimum Gasteiger partial charge on any atom is -0.396 e. The third-order valence-corrected chi connectivity index (χ3v) is 2.05. The highest BCUT2D eigenvalue weighted by atomic mass is 16.5. The Hall–Kier alpha value is -2.31. The van der Waals surface area contributed by atoms with Gasteiger partial charge in [-0.15, -0.1) is 0 Å². The second-order valence-electron chi connectivity index (χ2n) is 3.36. The Morgan fingerprint density at radius 2 is 2.38 bits per heavy atom. The number of carbonyl (C=O) groups excluding carboxylic acids is 1. The molecule has 0 aromatic carbocycles. The molecule has 0 fully saturated rings. The summed E-state index contributed by atoms with van der Waals surface area (Å²) in [5, 5.41) is 10.1. The lowest BCUT2D eigenvalue weighted by Gasteiger charge is -2.02. The quantitative estimate of drug-likeness (QED) is 0.771. The van der Waals surface area contributed by atoms with E-state index >= 15 is 0 Å². The smallest absolute Gasteiger partial charge is 0.278 e. The van der Waals surface area contributed by atoms with Gasteiger partial charge in [-0.1, -0.05) is 5.16 Å². The van der Waals surface area contributed by atoms with E-state index in [2.05, 4.69) is 15.6 Å². The van der Waals surface area contributed by atoms with E-state index in [0.717, 1.165) is 0 Å². The van der Waals surface area contributed by atoms with Crippen LogP contribution in [-0.2, 0) is 7.05 Å². The van der Waals surface area contributed by atoms with Gasteiger partial charge in [-0.25, -0.2) is 0 Å². The van der Waals surface area contributed by atoms with Crippen LogP contribution in [0.4, 0.5) is 11.6 Å². The number of hydrogen-bond donors (Lipinski definition) is 2. The van der Waals surface area contributed by atoms with E-state index < -0.39 is 0 Å². The summed E-state index contributed by atoms with van der Waals surface area (Å²) in [6.45, 7) is 1.76. The van der Waals surface area contributed by atoms with E-state index in [-0.39, 0.29) is 17.5 Å². The van der Waals surface area contributed by atoms with Crippen molar-refractivity contribution < 1.29 is 9.32 Å². The summed E-state index contributed by atoms with van der Waals surface area (Å²) >= 11 is 0. The molecule has 0 radical (unpaired) electrons. The van der Waals surface area contributed by atoms with Crippen LogP contribution in [0.15, 0.2) is 16.8 Å². The first-order valence-corrected chi connectivity index (χ1v) is 4.60. The number of nitrogens with zero attached hydrogens (tertiary/aromatic N) is 3. The number of nitrogens with two attached hydrogens (primary N) is 1. The molecule has 7 heteroatoms. The summed E-state index contributed by atoms with van der Waals surface area (Å²) in [4.78, 5) is 11.8. The third kappa shape index (κ3) is 1.74. The van der Waals surface area contributed by atoms with E-state index in [1.54, 1.807) is 20.0 Å². The highest BCUT2D eigenvalue weighted by Crippen LogP contribution is 2.14. The Labute approximate surface area is 91.2 Å². The number of carbonyl (C=O) groups is 1. The van der Waals surface area contributed by atoms with Gasteiger partial charge in [0.05, 0.1) is 17.6 Å². The molecule has 0 bridgehead atoms. The van der Waals surface area contributed by atoms with Gasteiger partial charge in [-0.05, 0) is 6.92 Å². The van der Waals surface area contributed by atoms with Crippen LogP contribution in [0.25, 0.3) is 0 Å². The standard InChI is InChI=1S/C9H11N5O2/c1-5-3-7(16-13-5)12-9(15)8-6(10)4-11-14(8)2/h3-4H,10H2,1-2H3,(H,12,15). The first-order valence-electron chi connectivity index (χ1n) is 4.60. The zero-order valence-corrected chi connectivity index (χ0v) is 8.89. The molecule has 2 heterocycles. The largest absolute Gasteiger partial charge is 0.396 e. The number of rotatable bonds is 2. The zero-order valence-electron chi connectivity index (χ0n) is 8.89. The molecule has 2 aromatic rings. The first-order chi connectivity index (χ1) is 7.58. The average Bonchev–Trinajstić information content (AvgIpc) is 2.74. The van der Waals surface area contributed by atoms with Crippen molar-refractivity contribution in [3.8, 4) is 0 Å². The highest BCUT2D eigenvalue weighted by Gasteiger charge is 2.16. The molecular formula is C9H11N5O2. The van der Waals surface area contributed by atoms with Gasteiger partial charge in [0.15, 0.2) is 0 Å². The average molecular weight is 221 g/mol. The number of aromatic nitrogens is 3. The topological polar surface area (TPSA) is 99.0 Å². The monoisotopic (exact) mass is 221 g/mol. The first kappa shape index (κ1) is 10.2. The van der Waals surface area contributed by atoms with Crippen molar-refractivity contribution in [1.82, 2.24) is 14.9 Å². The van der Waals surface area contributed by atoms with Gasteiger partial charge in [-0.3, -0.25) is 14.8 Å².